The van der Waals surface area contributed by atoms with Crippen LogP contribution in [0, 0.1) is 18.3 Å². The molecule has 0 aromatic heterocycles. The van der Waals surface area contributed by atoms with Crippen molar-refractivity contribution in [3.63, 3.8) is 0 Å². The molecule has 0 saturated heterocycles. The average Bonchev–Trinajstić information content (AvgIpc) is 2.75. The van der Waals surface area contributed by atoms with Gasteiger partial charge in [0.2, 0.25) is 0 Å². The number of aryl methyl sites for hydroxylation is 1. The normalized spacial score (nSPS) is 10.8. The Morgan fingerprint density at radius 3 is 2.33 bits per heavy atom. The van der Waals surface area contributed by atoms with E-state index in [2.05, 4.69) is 10.8 Å². The molecule has 6 nitrogen and oxygen atoms in total. The largest absolute Gasteiger partial charge is 0.337 e. The van der Waals surface area contributed by atoms with Crippen LogP contribution in [0.5, 0.6) is 0 Å². The standard InChI is InChI=1S/C23H21N3O3S/c1-17-6-10-21(11-7-17)25-30(28,29)22-12-8-20(9-13-22)23(27)26(2)16-19-5-3-4-18(14-19)15-24/h3-14,25H,16H2,1-2H3. The van der Waals surface area contributed by atoms with Crippen molar-refractivity contribution >= 4 is 21.6 Å². The number of sulfonamides is 1. The Labute approximate surface area is 176 Å². The number of anilines is 1. The fraction of sp³-hybridized carbons (Fsp3) is 0.130. The zero-order valence-corrected chi connectivity index (χ0v) is 17.5. The van der Waals surface area contributed by atoms with Crippen LogP contribution in [-0.4, -0.2) is 26.3 Å². The van der Waals surface area contributed by atoms with Crippen molar-refractivity contribution in [2.24, 2.45) is 0 Å². The fourth-order valence-electron chi connectivity index (χ4n) is 2.92. The van der Waals surface area contributed by atoms with Crippen LogP contribution in [0.15, 0.2) is 77.7 Å². The van der Waals surface area contributed by atoms with Gasteiger partial charge in [0, 0.05) is 24.8 Å². The van der Waals surface area contributed by atoms with Gasteiger partial charge in [0.15, 0.2) is 0 Å². The zero-order valence-electron chi connectivity index (χ0n) is 16.7. The molecule has 0 heterocycles. The number of hydrogen-bond acceptors (Lipinski definition) is 4. The number of amides is 1. The van der Waals surface area contributed by atoms with Gasteiger partial charge in [0.1, 0.15) is 0 Å². The Hall–Kier alpha value is -3.63. The molecule has 7 heteroatoms. The van der Waals surface area contributed by atoms with Crippen LogP contribution < -0.4 is 4.72 Å². The lowest BCUT2D eigenvalue weighted by molar-refractivity contribution is 0.0785. The van der Waals surface area contributed by atoms with Gasteiger partial charge in [-0.3, -0.25) is 9.52 Å². The highest BCUT2D eigenvalue weighted by Crippen LogP contribution is 2.18. The third-order valence-electron chi connectivity index (χ3n) is 4.54. The van der Waals surface area contributed by atoms with Gasteiger partial charge in [-0.1, -0.05) is 29.8 Å². The van der Waals surface area contributed by atoms with Crippen molar-refractivity contribution in [1.82, 2.24) is 4.90 Å². The molecular formula is C23H21N3O3S. The molecule has 1 amide bonds. The molecular weight excluding hydrogens is 398 g/mol. The molecule has 0 unspecified atom stereocenters. The summed E-state index contributed by atoms with van der Waals surface area (Å²) in [6, 6.07) is 22.0. The Kier molecular flexibility index (Phi) is 6.19. The van der Waals surface area contributed by atoms with Crippen LogP contribution in [0.2, 0.25) is 0 Å². The number of carbonyl (C=O) groups excluding carboxylic acids is 1. The number of rotatable bonds is 6. The maximum absolute atomic E-state index is 12.7. The molecule has 3 aromatic rings. The molecule has 0 fully saturated rings. The summed E-state index contributed by atoms with van der Waals surface area (Å²) in [7, 11) is -2.09. The maximum atomic E-state index is 12.7. The van der Waals surface area contributed by atoms with Crippen LogP contribution in [-0.2, 0) is 16.6 Å². The van der Waals surface area contributed by atoms with E-state index in [9.17, 15) is 13.2 Å². The molecule has 0 saturated carbocycles. The molecule has 0 spiro atoms. The van der Waals surface area contributed by atoms with Crippen LogP contribution in [0.25, 0.3) is 0 Å². The Morgan fingerprint density at radius 1 is 1.03 bits per heavy atom. The quantitative estimate of drug-likeness (QED) is 0.655. The summed E-state index contributed by atoms with van der Waals surface area (Å²) in [6.45, 7) is 2.26. The number of nitriles is 1. The summed E-state index contributed by atoms with van der Waals surface area (Å²) in [6.07, 6.45) is 0. The smallest absolute Gasteiger partial charge is 0.261 e. The van der Waals surface area contributed by atoms with Gasteiger partial charge in [0.05, 0.1) is 16.5 Å². The first-order valence-electron chi connectivity index (χ1n) is 9.22. The summed E-state index contributed by atoms with van der Waals surface area (Å²) in [5.41, 5.74) is 3.25. The van der Waals surface area contributed by atoms with Crippen LogP contribution in [0.1, 0.15) is 27.0 Å². The Balaban J connectivity index is 1.71. The second kappa shape index (κ2) is 8.80. The van der Waals surface area contributed by atoms with Crippen LogP contribution >= 0.6 is 0 Å². The van der Waals surface area contributed by atoms with Crippen LogP contribution in [0.3, 0.4) is 0 Å². The molecule has 3 aromatic carbocycles. The van der Waals surface area contributed by atoms with Gasteiger partial charge < -0.3 is 4.90 Å². The fourth-order valence-corrected chi connectivity index (χ4v) is 3.98. The minimum Gasteiger partial charge on any atom is -0.337 e. The summed E-state index contributed by atoms with van der Waals surface area (Å²) < 4.78 is 27.7. The van der Waals surface area contributed by atoms with Crippen LogP contribution in [0.4, 0.5) is 5.69 Å². The van der Waals surface area contributed by atoms with E-state index in [-0.39, 0.29) is 10.8 Å². The molecule has 0 radical (unpaired) electrons. The lowest BCUT2D eigenvalue weighted by Crippen LogP contribution is -2.26. The SMILES string of the molecule is Cc1ccc(NS(=O)(=O)c2ccc(C(=O)N(C)Cc3cccc(C#N)c3)cc2)cc1. The van der Waals surface area contributed by atoms with Gasteiger partial charge in [-0.2, -0.15) is 5.26 Å². The van der Waals surface area contributed by atoms with E-state index in [4.69, 9.17) is 5.26 Å². The lowest BCUT2D eigenvalue weighted by Gasteiger charge is -2.18. The van der Waals surface area contributed by atoms with E-state index >= 15 is 0 Å². The highest BCUT2D eigenvalue weighted by Gasteiger charge is 2.17. The van der Waals surface area contributed by atoms with E-state index in [1.807, 2.05) is 25.1 Å². The van der Waals surface area contributed by atoms with Crippen molar-refractivity contribution in [1.29, 1.82) is 5.26 Å². The molecule has 0 atom stereocenters. The minimum atomic E-state index is -3.75. The molecule has 0 aliphatic heterocycles. The first-order valence-corrected chi connectivity index (χ1v) is 10.7. The van der Waals surface area contributed by atoms with Crippen molar-refractivity contribution in [2.45, 2.75) is 18.4 Å². The lowest BCUT2D eigenvalue weighted by atomic mass is 10.1. The summed E-state index contributed by atoms with van der Waals surface area (Å²) in [5.74, 6) is -0.243. The number of carbonyl (C=O) groups is 1. The molecule has 0 aliphatic carbocycles. The van der Waals surface area contributed by atoms with Gasteiger partial charge in [0.25, 0.3) is 15.9 Å². The molecule has 0 aliphatic rings. The predicted octanol–water partition coefficient (Wildman–Crippen LogP) is 3.94. The molecule has 30 heavy (non-hydrogen) atoms. The van der Waals surface area contributed by atoms with Crippen molar-refractivity contribution in [2.75, 3.05) is 11.8 Å². The first kappa shape index (κ1) is 21.1. The Bertz CT molecular complexity index is 1200. The third kappa shape index (κ3) is 5.04. The van der Waals surface area contributed by atoms with Gasteiger partial charge >= 0.3 is 0 Å². The third-order valence-corrected chi connectivity index (χ3v) is 5.94. The molecule has 0 bridgehead atoms. The number of benzene rings is 3. The number of nitrogens with zero attached hydrogens (tertiary/aromatic N) is 2. The molecule has 1 N–H and O–H groups in total. The van der Waals surface area contributed by atoms with E-state index in [0.29, 0.717) is 23.4 Å². The maximum Gasteiger partial charge on any atom is 0.261 e. The number of hydrogen-bond donors (Lipinski definition) is 1. The van der Waals surface area contributed by atoms with E-state index in [1.54, 1.807) is 37.4 Å². The minimum absolute atomic E-state index is 0.0731. The van der Waals surface area contributed by atoms with Crippen molar-refractivity contribution in [3.05, 3.63) is 95.1 Å². The monoisotopic (exact) mass is 419 g/mol. The second-order valence-corrected chi connectivity index (χ2v) is 8.65. The second-order valence-electron chi connectivity index (χ2n) is 6.97. The average molecular weight is 420 g/mol. The van der Waals surface area contributed by atoms with Crippen molar-refractivity contribution in [3.8, 4) is 6.07 Å². The zero-order chi connectivity index (χ0) is 21.7. The van der Waals surface area contributed by atoms with E-state index < -0.39 is 10.0 Å². The highest BCUT2D eigenvalue weighted by molar-refractivity contribution is 7.92. The molecule has 152 valence electrons. The van der Waals surface area contributed by atoms with Crippen molar-refractivity contribution < 1.29 is 13.2 Å². The van der Waals surface area contributed by atoms with Gasteiger partial charge in [-0.25, -0.2) is 8.42 Å². The summed E-state index contributed by atoms with van der Waals surface area (Å²) >= 11 is 0. The van der Waals surface area contributed by atoms with E-state index in [1.165, 1.54) is 29.2 Å². The number of nitrogens with one attached hydrogen (secondary N) is 1. The predicted molar refractivity (Wildman–Crippen MR) is 115 cm³/mol. The van der Waals surface area contributed by atoms with Gasteiger partial charge in [-0.15, -0.1) is 0 Å². The highest BCUT2D eigenvalue weighted by atomic mass is 32.2. The Morgan fingerprint density at radius 2 is 1.70 bits per heavy atom. The topological polar surface area (TPSA) is 90.3 Å². The summed E-state index contributed by atoms with van der Waals surface area (Å²) in [4.78, 5) is 14.3. The molecule has 3 rings (SSSR count). The first-order chi connectivity index (χ1) is 14.3. The van der Waals surface area contributed by atoms with E-state index in [0.717, 1.165) is 11.1 Å². The summed E-state index contributed by atoms with van der Waals surface area (Å²) in [5, 5.41) is 9.00. The van der Waals surface area contributed by atoms with Gasteiger partial charge in [-0.05, 0) is 61.0 Å².